The van der Waals surface area contributed by atoms with Crippen molar-refractivity contribution in [2.45, 2.75) is 19.8 Å². The summed E-state index contributed by atoms with van der Waals surface area (Å²) < 4.78 is 5.24. The molecule has 1 aliphatic heterocycles. The van der Waals surface area contributed by atoms with Crippen molar-refractivity contribution in [2.75, 3.05) is 19.7 Å². The summed E-state index contributed by atoms with van der Waals surface area (Å²) in [5.41, 5.74) is 0. The number of aromatic nitrogens is 2. The van der Waals surface area contributed by atoms with E-state index in [9.17, 15) is 4.79 Å². The smallest absolute Gasteiger partial charge is 0.316 e. The molecular weight excluding hydrogens is 218 g/mol. The Labute approximate surface area is 101 Å². The van der Waals surface area contributed by atoms with Gasteiger partial charge in [-0.05, 0) is 24.8 Å². The Hall–Kier alpha value is -1.65. The Bertz CT molecular complexity index is 369. The molecule has 0 aromatic carbocycles. The molecule has 0 N–H and O–H groups in total. The van der Waals surface area contributed by atoms with Crippen LogP contribution in [-0.2, 0) is 4.79 Å². The topological polar surface area (TPSA) is 55.3 Å². The molecule has 2 heterocycles. The van der Waals surface area contributed by atoms with Gasteiger partial charge in [0, 0.05) is 25.5 Å². The average molecular weight is 235 g/mol. The molecule has 1 aromatic rings. The molecule has 5 heteroatoms. The fraction of sp³-hybridized carbons (Fsp3) is 0.583. The molecule has 0 saturated carbocycles. The highest BCUT2D eigenvalue weighted by atomic mass is 16.5. The fourth-order valence-corrected chi connectivity index (χ4v) is 1.99. The van der Waals surface area contributed by atoms with Gasteiger partial charge in [-0.25, -0.2) is 9.97 Å². The standard InChI is InChI=1S/C12H17N3O2/c1-10-4-2-7-15(8-10)11(16)9-17-12-13-5-3-6-14-12/h3,5-6,10H,2,4,7-9H2,1H3. The first-order chi connectivity index (χ1) is 8.25. The molecule has 17 heavy (non-hydrogen) atoms. The first-order valence-electron chi connectivity index (χ1n) is 5.93. The van der Waals surface area contributed by atoms with E-state index in [4.69, 9.17) is 4.74 Å². The summed E-state index contributed by atoms with van der Waals surface area (Å²) in [5, 5.41) is 0. The van der Waals surface area contributed by atoms with Gasteiger partial charge in [0.2, 0.25) is 0 Å². The number of nitrogens with zero attached hydrogens (tertiary/aromatic N) is 3. The molecule has 1 fully saturated rings. The Morgan fingerprint density at radius 1 is 1.53 bits per heavy atom. The molecule has 1 atom stereocenters. The van der Waals surface area contributed by atoms with Gasteiger partial charge < -0.3 is 9.64 Å². The normalized spacial score (nSPS) is 20.1. The van der Waals surface area contributed by atoms with Crippen LogP contribution in [0.25, 0.3) is 0 Å². The van der Waals surface area contributed by atoms with E-state index >= 15 is 0 Å². The highest BCUT2D eigenvalue weighted by Crippen LogP contribution is 2.15. The van der Waals surface area contributed by atoms with Crippen LogP contribution < -0.4 is 4.74 Å². The van der Waals surface area contributed by atoms with Crippen molar-refractivity contribution in [2.24, 2.45) is 5.92 Å². The number of carbonyl (C=O) groups excluding carboxylic acids is 1. The first kappa shape index (κ1) is 11.8. The average Bonchev–Trinajstić information content (AvgIpc) is 2.37. The molecule has 92 valence electrons. The van der Waals surface area contributed by atoms with Gasteiger partial charge in [-0.2, -0.15) is 0 Å². The molecule has 2 rings (SSSR count). The number of amides is 1. The number of hydrogen-bond acceptors (Lipinski definition) is 4. The maximum absolute atomic E-state index is 11.9. The van der Waals surface area contributed by atoms with Gasteiger partial charge in [-0.3, -0.25) is 4.79 Å². The second-order valence-electron chi connectivity index (χ2n) is 4.41. The zero-order chi connectivity index (χ0) is 12.1. The van der Waals surface area contributed by atoms with E-state index in [0.717, 1.165) is 19.5 Å². The zero-order valence-electron chi connectivity index (χ0n) is 10.0. The van der Waals surface area contributed by atoms with Crippen molar-refractivity contribution >= 4 is 5.91 Å². The van der Waals surface area contributed by atoms with Crippen molar-refractivity contribution in [3.8, 4) is 6.01 Å². The van der Waals surface area contributed by atoms with Crippen molar-refractivity contribution in [3.63, 3.8) is 0 Å². The van der Waals surface area contributed by atoms with Crippen molar-refractivity contribution < 1.29 is 9.53 Å². The number of piperidine rings is 1. The maximum atomic E-state index is 11.9. The Balaban J connectivity index is 1.81. The molecule has 0 spiro atoms. The SMILES string of the molecule is CC1CCCN(C(=O)COc2ncccn2)C1. The minimum absolute atomic E-state index is 0.0176. The monoisotopic (exact) mass is 235 g/mol. The van der Waals surface area contributed by atoms with Gasteiger partial charge in [0.15, 0.2) is 6.61 Å². The highest BCUT2D eigenvalue weighted by molar-refractivity contribution is 5.77. The summed E-state index contributed by atoms with van der Waals surface area (Å²) in [6, 6.07) is 1.96. The third-order valence-electron chi connectivity index (χ3n) is 2.88. The minimum Gasteiger partial charge on any atom is -0.453 e. The molecule has 1 unspecified atom stereocenters. The van der Waals surface area contributed by atoms with E-state index in [1.807, 2.05) is 4.90 Å². The van der Waals surface area contributed by atoms with Crippen LogP contribution in [0, 0.1) is 5.92 Å². The molecular formula is C12H17N3O2. The van der Waals surface area contributed by atoms with Crippen molar-refractivity contribution in [1.29, 1.82) is 0 Å². The van der Waals surface area contributed by atoms with Gasteiger partial charge in [-0.1, -0.05) is 6.92 Å². The lowest BCUT2D eigenvalue weighted by molar-refractivity contribution is -0.135. The van der Waals surface area contributed by atoms with Crippen LogP contribution in [0.15, 0.2) is 18.5 Å². The first-order valence-corrected chi connectivity index (χ1v) is 5.93. The summed E-state index contributed by atoms with van der Waals surface area (Å²) in [4.78, 5) is 21.5. The van der Waals surface area contributed by atoms with Crippen LogP contribution in [0.5, 0.6) is 6.01 Å². The largest absolute Gasteiger partial charge is 0.453 e. The lowest BCUT2D eigenvalue weighted by Gasteiger charge is -2.30. The molecule has 0 bridgehead atoms. The Morgan fingerprint density at radius 3 is 3.00 bits per heavy atom. The van der Waals surface area contributed by atoms with Gasteiger partial charge in [0.1, 0.15) is 0 Å². The predicted octanol–water partition coefficient (Wildman–Crippen LogP) is 1.11. The maximum Gasteiger partial charge on any atom is 0.316 e. The van der Waals surface area contributed by atoms with E-state index in [2.05, 4.69) is 16.9 Å². The van der Waals surface area contributed by atoms with Crippen LogP contribution in [0.4, 0.5) is 0 Å². The van der Waals surface area contributed by atoms with Crippen molar-refractivity contribution in [3.05, 3.63) is 18.5 Å². The molecule has 1 aromatic heterocycles. The summed E-state index contributed by atoms with van der Waals surface area (Å²) in [6.07, 6.45) is 5.47. The van der Waals surface area contributed by atoms with Crippen LogP contribution in [0.3, 0.4) is 0 Å². The highest BCUT2D eigenvalue weighted by Gasteiger charge is 2.21. The lowest BCUT2D eigenvalue weighted by atomic mass is 10.0. The molecule has 0 radical (unpaired) electrons. The van der Waals surface area contributed by atoms with E-state index in [0.29, 0.717) is 5.92 Å². The van der Waals surface area contributed by atoms with E-state index in [1.165, 1.54) is 6.42 Å². The second-order valence-corrected chi connectivity index (χ2v) is 4.41. The quantitative estimate of drug-likeness (QED) is 0.787. The van der Waals surface area contributed by atoms with Crippen LogP contribution in [0.2, 0.25) is 0 Å². The number of hydrogen-bond donors (Lipinski definition) is 0. The Morgan fingerprint density at radius 2 is 2.29 bits per heavy atom. The molecule has 1 saturated heterocycles. The minimum atomic E-state index is 0.0176. The lowest BCUT2D eigenvalue weighted by Crippen LogP contribution is -2.41. The summed E-state index contributed by atoms with van der Waals surface area (Å²) in [6.45, 7) is 3.86. The summed E-state index contributed by atoms with van der Waals surface area (Å²) in [7, 11) is 0. The molecule has 0 aliphatic carbocycles. The number of likely N-dealkylation sites (tertiary alicyclic amines) is 1. The Kier molecular flexibility index (Phi) is 3.90. The number of rotatable bonds is 3. The van der Waals surface area contributed by atoms with E-state index in [1.54, 1.807) is 18.5 Å². The summed E-state index contributed by atoms with van der Waals surface area (Å²) in [5.74, 6) is 0.602. The van der Waals surface area contributed by atoms with Gasteiger partial charge in [0.25, 0.3) is 5.91 Å². The second kappa shape index (κ2) is 5.61. The fourth-order valence-electron chi connectivity index (χ4n) is 1.99. The molecule has 5 nitrogen and oxygen atoms in total. The number of ether oxygens (including phenoxy) is 1. The number of carbonyl (C=O) groups is 1. The van der Waals surface area contributed by atoms with Gasteiger partial charge in [0.05, 0.1) is 0 Å². The van der Waals surface area contributed by atoms with Crippen LogP contribution in [-0.4, -0.2) is 40.5 Å². The van der Waals surface area contributed by atoms with Gasteiger partial charge in [-0.15, -0.1) is 0 Å². The van der Waals surface area contributed by atoms with Crippen molar-refractivity contribution in [1.82, 2.24) is 14.9 Å². The molecule has 1 amide bonds. The third-order valence-corrected chi connectivity index (χ3v) is 2.88. The van der Waals surface area contributed by atoms with E-state index in [-0.39, 0.29) is 18.5 Å². The van der Waals surface area contributed by atoms with Gasteiger partial charge >= 0.3 is 6.01 Å². The van der Waals surface area contributed by atoms with Crippen LogP contribution >= 0.6 is 0 Å². The predicted molar refractivity (Wildman–Crippen MR) is 62.5 cm³/mol. The summed E-state index contributed by atoms with van der Waals surface area (Å²) >= 11 is 0. The van der Waals surface area contributed by atoms with Crippen LogP contribution in [0.1, 0.15) is 19.8 Å². The molecule has 1 aliphatic rings. The van der Waals surface area contributed by atoms with E-state index < -0.39 is 0 Å². The third kappa shape index (κ3) is 3.41. The zero-order valence-corrected chi connectivity index (χ0v) is 10.0.